The Morgan fingerprint density at radius 1 is 0.967 bits per heavy atom. The third kappa shape index (κ3) is 5.61. The normalized spacial score (nSPS) is 11.5. The zero-order valence-electron chi connectivity index (χ0n) is 16.2. The van der Waals surface area contributed by atoms with Crippen molar-refractivity contribution in [3.63, 3.8) is 0 Å². The van der Waals surface area contributed by atoms with Crippen molar-refractivity contribution >= 4 is 44.8 Å². The summed E-state index contributed by atoms with van der Waals surface area (Å²) in [6, 6.07) is 20.2. The number of hydrogen-bond acceptors (Lipinski definition) is 3. The molecule has 0 aliphatic carbocycles. The van der Waals surface area contributed by atoms with E-state index in [1.165, 1.54) is 18.2 Å². The molecule has 30 heavy (non-hydrogen) atoms. The Morgan fingerprint density at radius 3 is 2.27 bits per heavy atom. The number of halogens is 2. The van der Waals surface area contributed by atoms with Gasteiger partial charge in [0.05, 0.1) is 22.2 Å². The number of benzene rings is 3. The molecule has 0 aromatic heterocycles. The van der Waals surface area contributed by atoms with Crippen LogP contribution in [0.1, 0.15) is 11.1 Å². The van der Waals surface area contributed by atoms with Gasteiger partial charge < -0.3 is 5.32 Å². The number of anilines is 1. The minimum atomic E-state index is -3.90. The van der Waals surface area contributed by atoms with Crippen molar-refractivity contribution in [2.24, 2.45) is 0 Å². The Kier molecular flexibility index (Phi) is 7.15. The minimum absolute atomic E-state index is 0.0548. The van der Waals surface area contributed by atoms with Gasteiger partial charge in [-0.05, 0) is 42.8 Å². The molecule has 0 radical (unpaired) electrons. The van der Waals surface area contributed by atoms with Gasteiger partial charge in [0.1, 0.15) is 0 Å². The van der Waals surface area contributed by atoms with Crippen molar-refractivity contribution in [2.75, 3.05) is 11.9 Å². The van der Waals surface area contributed by atoms with Gasteiger partial charge in [0.25, 0.3) is 0 Å². The number of hydrogen-bond donors (Lipinski definition) is 1. The highest BCUT2D eigenvalue weighted by Gasteiger charge is 2.27. The lowest BCUT2D eigenvalue weighted by molar-refractivity contribution is -0.116. The first-order valence-electron chi connectivity index (χ1n) is 9.11. The van der Waals surface area contributed by atoms with Crippen molar-refractivity contribution < 1.29 is 13.2 Å². The second kappa shape index (κ2) is 9.62. The van der Waals surface area contributed by atoms with E-state index in [1.807, 2.05) is 31.2 Å². The first kappa shape index (κ1) is 22.3. The molecule has 0 fully saturated rings. The van der Waals surface area contributed by atoms with Crippen LogP contribution in [-0.2, 0) is 21.4 Å². The molecule has 0 atom stereocenters. The van der Waals surface area contributed by atoms with Crippen LogP contribution >= 0.6 is 23.2 Å². The third-order valence-corrected chi connectivity index (χ3v) is 6.74. The summed E-state index contributed by atoms with van der Waals surface area (Å²) >= 11 is 12.0. The standard InChI is InChI=1S/C22H20Cl2N2O3S/c1-16-7-9-17(10-8-16)14-26(30(28,29)19-5-3-2-4-6-19)15-22(27)25-21-12-11-18(23)13-20(21)24/h2-13H,14-15H2,1H3,(H,25,27). The Bertz CT molecular complexity index is 1130. The molecule has 0 bridgehead atoms. The maximum Gasteiger partial charge on any atom is 0.243 e. The molecule has 0 aliphatic rings. The number of nitrogens with one attached hydrogen (secondary N) is 1. The molecule has 1 N–H and O–H groups in total. The highest BCUT2D eigenvalue weighted by Crippen LogP contribution is 2.26. The van der Waals surface area contributed by atoms with E-state index in [1.54, 1.807) is 30.3 Å². The highest BCUT2D eigenvalue weighted by atomic mass is 35.5. The molecule has 0 unspecified atom stereocenters. The van der Waals surface area contributed by atoms with Crippen molar-refractivity contribution in [3.8, 4) is 0 Å². The average Bonchev–Trinajstić information content (AvgIpc) is 2.72. The molecule has 3 aromatic carbocycles. The zero-order valence-corrected chi connectivity index (χ0v) is 18.5. The van der Waals surface area contributed by atoms with Crippen LogP contribution in [0.5, 0.6) is 0 Å². The number of rotatable bonds is 7. The number of amides is 1. The summed E-state index contributed by atoms with van der Waals surface area (Å²) in [5.74, 6) is -0.508. The van der Waals surface area contributed by atoms with E-state index in [4.69, 9.17) is 23.2 Å². The second-order valence-corrected chi connectivity index (χ2v) is 9.53. The van der Waals surface area contributed by atoms with Crippen molar-refractivity contribution in [1.82, 2.24) is 4.31 Å². The van der Waals surface area contributed by atoms with Gasteiger partial charge in [-0.2, -0.15) is 4.31 Å². The predicted octanol–water partition coefficient (Wildman–Crippen LogP) is 5.13. The van der Waals surface area contributed by atoms with Gasteiger partial charge in [-0.25, -0.2) is 8.42 Å². The van der Waals surface area contributed by atoms with Crippen LogP contribution in [0.4, 0.5) is 5.69 Å². The average molecular weight is 463 g/mol. The highest BCUT2D eigenvalue weighted by molar-refractivity contribution is 7.89. The van der Waals surface area contributed by atoms with Crippen LogP contribution in [0, 0.1) is 6.92 Å². The molecule has 0 saturated carbocycles. The summed E-state index contributed by atoms with van der Waals surface area (Å²) in [6.07, 6.45) is 0. The van der Waals surface area contributed by atoms with Crippen LogP contribution in [-0.4, -0.2) is 25.2 Å². The van der Waals surface area contributed by atoms with Gasteiger partial charge >= 0.3 is 0 Å². The van der Waals surface area contributed by atoms with Gasteiger partial charge in [0.2, 0.25) is 15.9 Å². The molecule has 3 rings (SSSR count). The van der Waals surface area contributed by atoms with Crippen LogP contribution in [0.3, 0.4) is 0 Å². The fraction of sp³-hybridized carbons (Fsp3) is 0.136. The van der Waals surface area contributed by atoms with Crippen LogP contribution < -0.4 is 5.32 Å². The maximum absolute atomic E-state index is 13.2. The molecule has 0 spiro atoms. The molecule has 156 valence electrons. The predicted molar refractivity (Wildman–Crippen MR) is 120 cm³/mol. The maximum atomic E-state index is 13.2. The summed E-state index contributed by atoms with van der Waals surface area (Å²) < 4.78 is 27.6. The monoisotopic (exact) mass is 462 g/mol. The largest absolute Gasteiger partial charge is 0.324 e. The number of carbonyl (C=O) groups is 1. The molecule has 5 nitrogen and oxygen atoms in total. The Morgan fingerprint density at radius 2 is 1.63 bits per heavy atom. The summed E-state index contributed by atoms with van der Waals surface area (Å²) in [6.45, 7) is 1.63. The number of aryl methyl sites for hydroxylation is 1. The molecular formula is C22H20Cl2N2O3S. The van der Waals surface area contributed by atoms with Crippen LogP contribution in [0.15, 0.2) is 77.7 Å². The van der Waals surface area contributed by atoms with Gasteiger partial charge in [-0.15, -0.1) is 0 Å². The van der Waals surface area contributed by atoms with E-state index in [2.05, 4.69) is 5.32 Å². The fourth-order valence-corrected chi connectivity index (χ4v) is 4.67. The quantitative estimate of drug-likeness (QED) is 0.528. The van der Waals surface area contributed by atoms with E-state index in [0.717, 1.165) is 15.4 Å². The smallest absolute Gasteiger partial charge is 0.243 e. The van der Waals surface area contributed by atoms with Crippen molar-refractivity contribution in [1.29, 1.82) is 0 Å². The summed E-state index contributed by atoms with van der Waals surface area (Å²) in [4.78, 5) is 12.8. The first-order chi connectivity index (χ1) is 14.3. The SMILES string of the molecule is Cc1ccc(CN(CC(=O)Nc2ccc(Cl)cc2Cl)S(=O)(=O)c2ccccc2)cc1. The summed E-state index contributed by atoms with van der Waals surface area (Å²) in [7, 11) is -3.90. The fourth-order valence-electron chi connectivity index (χ4n) is 2.81. The first-order valence-corrected chi connectivity index (χ1v) is 11.3. The van der Waals surface area contributed by atoms with Crippen LogP contribution in [0.2, 0.25) is 10.0 Å². The summed E-state index contributed by atoms with van der Waals surface area (Å²) in [5.41, 5.74) is 2.20. The molecule has 0 saturated heterocycles. The number of sulfonamides is 1. The van der Waals surface area contributed by atoms with E-state index in [9.17, 15) is 13.2 Å². The number of nitrogens with zero attached hydrogens (tertiary/aromatic N) is 1. The number of carbonyl (C=O) groups excluding carboxylic acids is 1. The molecule has 1 amide bonds. The lowest BCUT2D eigenvalue weighted by Gasteiger charge is -2.22. The van der Waals surface area contributed by atoms with E-state index >= 15 is 0 Å². The van der Waals surface area contributed by atoms with E-state index in [0.29, 0.717) is 10.7 Å². The molecule has 8 heteroatoms. The summed E-state index contributed by atoms with van der Waals surface area (Å²) in [5, 5.41) is 3.36. The van der Waals surface area contributed by atoms with Gasteiger partial charge in [0.15, 0.2) is 0 Å². The Hall–Kier alpha value is -2.38. The van der Waals surface area contributed by atoms with E-state index < -0.39 is 15.9 Å². The molecule has 0 aliphatic heterocycles. The van der Waals surface area contributed by atoms with Crippen LogP contribution in [0.25, 0.3) is 0 Å². The van der Waals surface area contributed by atoms with Gasteiger partial charge in [-0.3, -0.25) is 4.79 Å². The van der Waals surface area contributed by atoms with Crippen molar-refractivity contribution in [2.45, 2.75) is 18.4 Å². The Labute approximate surface area is 186 Å². The lowest BCUT2D eigenvalue weighted by Crippen LogP contribution is -2.37. The third-order valence-electron chi connectivity index (χ3n) is 4.39. The molecular weight excluding hydrogens is 443 g/mol. The van der Waals surface area contributed by atoms with Gasteiger partial charge in [0, 0.05) is 11.6 Å². The van der Waals surface area contributed by atoms with E-state index in [-0.39, 0.29) is 23.0 Å². The Balaban J connectivity index is 1.86. The molecule has 3 aromatic rings. The topological polar surface area (TPSA) is 66.5 Å². The zero-order chi connectivity index (χ0) is 21.7. The minimum Gasteiger partial charge on any atom is -0.324 e. The molecule has 0 heterocycles. The van der Waals surface area contributed by atoms with Crippen molar-refractivity contribution in [3.05, 3.63) is 94.0 Å². The van der Waals surface area contributed by atoms with Gasteiger partial charge in [-0.1, -0.05) is 71.2 Å². The lowest BCUT2D eigenvalue weighted by atomic mass is 10.1. The second-order valence-electron chi connectivity index (χ2n) is 6.74.